The molecule has 0 saturated carbocycles. The Morgan fingerprint density at radius 1 is 0.946 bits per heavy atom. The predicted octanol–water partition coefficient (Wildman–Crippen LogP) is 2.54. The number of ether oxygens (including phenoxy) is 3. The first kappa shape index (κ1) is 29.5. The largest absolute Gasteiger partial charge is 0.497 e. The molecule has 3 N–H and O–H groups in total. The van der Waals surface area contributed by atoms with Gasteiger partial charge in [0.05, 0.1) is 27.4 Å². The van der Waals surface area contributed by atoms with Gasteiger partial charge in [0.15, 0.2) is 0 Å². The fraction of sp³-hybridized carbons (Fsp3) is 0.423. The lowest BCUT2D eigenvalue weighted by Gasteiger charge is -2.31. The van der Waals surface area contributed by atoms with E-state index in [0.717, 1.165) is 48.6 Å². The van der Waals surface area contributed by atoms with E-state index in [1.165, 1.54) is 12.1 Å². The Kier molecular flexibility index (Phi) is 12.3. The minimum absolute atomic E-state index is 0.00834. The maximum Gasteiger partial charge on any atom is 0.414 e. The maximum absolute atomic E-state index is 12.9. The second-order valence-electron chi connectivity index (χ2n) is 8.47. The molecule has 0 aliphatic carbocycles. The zero-order valence-electron chi connectivity index (χ0n) is 20.9. The molecule has 11 heteroatoms. The van der Waals surface area contributed by atoms with E-state index in [-0.39, 0.29) is 11.7 Å². The Morgan fingerprint density at radius 3 is 2.03 bits per heavy atom. The van der Waals surface area contributed by atoms with Crippen molar-refractivity contribution in [3.05, 3.63) is 59.4 Å². The van der Waals surface area contributed by atoms with Crippen molar-refractivity contribution < 1.29 is 43.2 Å². The van der Waals surface area contributed by atoms with Crippen molar-refractivity contribution in [2.45, 2.75) is 26.0 Å². The fourth-order valence-corrected chi connectivity index (χ4v) is 3.67. The summed E-state index contributed by atoms with van der Waals surface area (Å²) in [6.07, 6.45) is 2.01. The molecule has 2 aromatic carbocycles. The van der Waals surface area contributed by atoms with Crippen LogP contribution in [-0.2, 0) is 32.3 Å². The average Bonchev–Trinajstić information content (AvgIpc) is 2.89. The van der Waals surface area contributed by atoms with E-state index in [1.807, 2.05) is 18.2 Å². The number of halogens is 1. The van der Waals surface area contributed by atoms with Gasteiger partial charge in [-0.05, 0) is 67.2 Å². The summed E-state index contributed by atoms with van der Waals surface area (Å²) in [5.41, 5.74) is 1.91. The van der Waals surface area contributed by atoms with Gasteiger partial charge in [-0.2, -0.15) is 0 Å². The van der Waals surface area contributed by atoms with Crippen LogP contribution in [0.25, 0.3) is 0 Å². The quantitative estimate of drug-likeness (QED) is 0.404. The summed E-state index contributed by atoms with van der Waals surface area (Å²) in [5, 5.41) is 17.7. The van der Waals surface area contributed by atoms with Crippen LogP contribution in [0.15, 0.2) is 42.5 Å². The Bertz CT molecular complexity index is 989. The van der Waals surface area contributed by atoms with Crippen LogP contribution in [0, 0.1) is 11.7 Å². The summed E-state index contributed by atoms with van der Waals surface area (Å²) in [6, 6.07) is 11.9. The molecule has 3 rings (SSSR count). The van der Waals surface area contributed by atoms with Crippen molar-refractivity contribution in [3.63, 3.8) is 0 Å². The highest BCUT2D eigenvalue weighted by Crippen LogP contribution is 2.24. The Morgan fingerprint density at radius 2 is 1.51 bits per heavy atom. The lowest BCUT2D eigenvalue weighted by Crippen LogP contribution is -2.42. The molecule has 1 aliphatic rings. The number of hydrogen-bond donors (Lipinski definition) is 3. The lowest BCUT2D eigenvalue weighted by molar-refractivity contribution is -0.159. The SMILES string of the molecule is COc1cc(COCC2CCN(CC(=O)NCc3ccc(F)cc3)CC2)cc(OC)c1.O=C(O)C(=O)O. The number of hydrogen-bond acceptors (Lipinski definition) is 7. The van der Waals surface area contributed by atoms with Crippen LogP contribution in [0.3, 0.4) is 0 Å². The standard InChI is InChI=1S/C24H31FN2O4.C2H2O4/c1-29-22-11-20(12-23(13-22)30-2)17-31-16-19-7-9-27(10-8-19)15-24(28)26-14-18-3-5-21(25)6-4-18;3-1(4)2(5)6/h3-6,11-13,19H,7-10,14-17H2,1-2H3,(H,26,28);(H,3,4)(H,5,6). The number of carbonyl (C=O) groups is 3. The van der Waals surface area contributed by atoms with Gasteiger partial charge in [0.1, 0.15) is 17.3 Å². The second-order valence-corrected chi connectivity index (χ2v) is 8.47. The average molecular weight is 521 g/mol. The number of nitrogens with one attached hydrogen (secondary N) is 1. The highest BCUT2D eigenvalue weighted by Gasteiger charge is 2.21. The first-order chi connectivity index (χ1) is 17.7. The highest BCUT2D eigenvalue weighted by molar-refractivity contribution is 6.27. The van der Waals surface area contributed by atoms with Crippen LogP contribution in [0.4, 0.5) is 4.39 Å². The molecule has 1 amide bonds. The molecular weight excluding hydrogens is 487 g/mol. The molecule has 0 bridgehead atoms. The first-order valence-corrected chi connectivity index (χ1v) is 11.7. The van der Waals surface area contributed by atoms with Crippen molar-refractivity contribution >= 4 is 17.8 Å². The maximum atomic E-state index is 12.9. The Hall–Kier alpha value is -3.70. The zero-order valence-corrected chi connectivity index (χ0v) is 20.9. The number of carbonyl (C=O) groups excluding carboxylic acids is 1. The van der Waals surface area contributed by atoms with Crippen molar-refractivity contribution in [2.24, 2.45) is 5.92 Å². The smallest absolute Gasteiger partial charge is 0.414 e. The number of piperidine rings is 1. The minimum atomic E-state index is -1.82. The van der Waals surface area contributed by atoms with Crippen molar-refractivity contribution in [1.29, 1.82) is 0 Å². The van der Waals surface area contributed by atoms with E-state index < -0.39 is 11.9 Å². The predicted molar refractivity (Wildman–Crippen MR) is 132 cm³/mol. The Balaban J connectivity index is 0.000000717. The number of carboxylic acid groups (broad SMARTS) is 2. The van der Waals surface area contributed by atoms with Gasteiger partial charge >= 0.3 is 11.9 Å². The lowest BCUT2D eigenvalue weighted by atomic mass is 9.98. The summed E-state index contributed by atoms with van der Waals surface area (Å²) in [5.74, 6) is -1.93. The van der Waals surface area contributed by atoms with E-state index in [0.29, 0.717) is 32.2 Å². The molecule has 0 aromatic heterocycles. The van der Waals surface area contributed by atoms with Gasteiger partial charge in [0, 0.05) is 19.2 Å². The van der Waals surface area contributed by atoms with Crippen LogP contribution >= 0.6 is 0 Å². The molecule has 0 spiro atoms. The van der Waals surface area contributed by atoms with Gasteiger partial charge in [-0.1, -0.05) is 12.1 Å². The number of nitrogens with zero attached hydrogens (tertiary/aromatic N) is 1. The molecule has 2 aromatic rings. The molecule has 10 nitrogen and oxygen atoms in total. The second kappa shape index (κ2) is 15.4. The number of likely N-dealkylation sites (tertiary alicyclic amines) is 1. The third kappa shape index (κ3) is 11.3. The summed E-state index contributed by atoms with van der Waals surface area (Å²) >= 11 is 0. The third-order valence-electron chi connectivity index (χ3n) is 5.69. The summed E-state index contributed by atoms with van der Waals surface area (Å²) in [7, 11) is 3.27. The van der Waals surface area contributed by atoms with Gasteiger partial charge < -0.3 is 29.7 Å². The van der Waals surface area contributed by atoms with Crippen LogP contribution in [0.5, 0.6) is 11.5 Å². The number of methoxy groups -OCH3 is 2. The summed E-state index contributed by atoms with van der Waals surface area (Å²) in [6.45, 7) is 3.77. The monoisotopic (exact) mass is 520 g/mol. The van der Waals surface area contributed by atoms with Gasteiger partial charge in [0.25, 0.3) is 0 Å². The number of carboxylic acids is 2. The number of rotatable bonds is 10. The van der Waals surface area contributed by atoms with Crippen molar-refractivity contribution in [2.75, 3.05) is 40.5 Å². The van der Waals surface area contributed by atoms with Gasteiger partial charge in [0.2, 0.25) is 5.91 Å². The molecular formula is C26H33FN2O8. The van der Waals surface area contributed by atoms with Crippen LogP contribution in [0.1, 0.15) is 24.0 Å². The third-order valence-corrected chi connectivity index (χ3v) is 5.69. The summed E-state index contributed by atoms with van der Waals surface area (Å²) in [4.78, 5) is 32.6. The van der Waals surface area contributed by atoms with Gasteiger partial charge in [-0.25, -0.2) is 14.0 Å². The van der Waals surface area contributed by atoms with Crippen molar-refractivity contribution in [3.8, 4) is 11.5 Å². The normalized spacial score (nSPS) is 13.7. The first-order valence-electron chi connectivity index (χ1n) is 11.7. The van der Waals surface area contributed by atoms with Crippen LogP contribution < -0.4 is 14.8 Å². The van der Waals surface area contributed by atoms with E-state index in [9.17, 15) is 9.18 Å². The molecule has 202 valence electrons. The molecule has 1 saturated heterocycles. The zero-order chi connectivity index (χ0) is 27.2. The van der Waals surface area contributed by atoms with E-state index in [2.05, 4.69) is 10.2 Å². The molecule has 0 radical (unpaired) electrons. The minimum Gasteiger partial charge on any atom is -0.497 e. The fourth-order valence-electron chi connectivity index (χ4n) is 3.67. The molecule has 0 atom stereocenters. The van der Waals surface area contributed by atoms with E-state index in [4.69, 9.17) is 34.0 Å². The van der Waals surface area contributed by atoms with E-state index >= 15 is 0 Å². The number of amides is 1. The number of aliphatic carboxylic acids is 2. The Labute approximate surface area is 214 Å². The highest BCUT2D eigenvalue weighted by atomic mass is 19.1. The molecule has 0 unspecified atom stereocenters. The molecule has 37 heavy (non-hydrogen) atoms. The van der Waals surface area contributed by atoms with Crippen LogP contribution in [-0.4, -0.2) is 73.4 Å². The topological polar surface area (TPSA) is 135 Å². The number of benzene rings is 2. The molecule has 1 aliphatic heterocycles. The van der Waals surface area contributed by atoms with Crippen LogP contribution in [0.2, 0.25) is 0 Å². The molecule has 1 fully saturated rings. The summed E-state index contributed by atoms with van der Waals surface area (Å²) < 4.78 is 29.5. The van der Waals surface area contributed by atoms with Crippen molar-refractivity contribution in [1.82, 2.24) is 10.2 Å². The van der Waals surface area contributed by atoms with Gasteiger partial charge in [-0.3, -0.25) is 9.69 Å². The molecule has 1 heterocycles. The van der Waals surface area contributed by atoms with Gasteiger partial charge in [-0.15, -0.1) is 0 Å². The van der Waals surface area contributed by atoms with E-state index in [1.54, 1.807) is 26.4 Å².